The van der Waals surface area contributed by atoms with Crippen LogP contribution in [0.4, 0.5) is 13.9 Å². The number of hydrogen-bond acceptors (Lipinski definition) is 10. The second-order valence-corrected chi connectivity index (χ2v) is 12.5. The van der Waals surface area contributed by atoms with Gasteiger partial charge in [0.1, 0.15) is 24.6 Å². The number of thiazole rings is 1. The van der Waals surface area contributed by atoms with E-state index in [9.17, 15) is 31.9 Å². The fraction of sp³-hybridized carbons (Fsp3) is 0.417. The van der Waals surface area contributed by atoms with E-state index in [1.807, 2.05) is 0 Å². The van der Waals surface area contributed by atoms with E-state index in [1.165, 1.54) is 4.90 Å². The first-order chi connectivity index (χ1) is 19.0. The summed E-state index contributed by atoms with van der Waals surface area (Å²) in [4.78, 5) is 36.0. The van der Waals surface area contributed by atoms with Crippen LogP contribution >= 0.6 is 11.3 Å². The Bertz CT molecular complexity index is 1550. The molecule has 40 heavy (non-hydrogen) atoms. The van der Waals surface area contributed by atoms with E-state index in [4.69, 9.17) is 10.5 Å². The fourth-order valence-corrected chi connectivity index (χ4v) is 7.25. The third-order valence-electron chi connectivity index (χ3n) is 6.85. The van der Waals surface area contributed by atoms with Gasteiger partial charge in [-0.15, -0.1) is 0 Å². The highest BCUT2D eigenvalue weighted by atomic mass is 32.2. The van der Waals surface area contributed by atoms with Gasteiger partial charge in [0.25, 0.3) is 15.9 Å². The highest BCUT2D eigenvalue weighted by Crippen LogP contribution is 2.35. The number of likely N-dealkylation sites (tertiary alicyclic amines) is 1. The predicted octanol–water partition coefficient (Wildman–Crippen LogP) is 1.41. The number of carboxylic acids is 1. The number of fused-ring (bicyclic) bond motifs is 1. The molecule has 0 aliphatic carbocycles. The van der Waals surface area contributed by atoms with Gasteiger partial charge in [0, 0.05) is 43.7 Å². The number of alkyl halides is 2. The smallest absolute Gasteiger partial charge is 0.326 e. The number of aromatic nitrogens is 2. The number of carbonyl (C=O) groups excluding carboxylic acids is 1. The predicted molar refractivity (Wildman–Crippen MR) is 141 cm³/mol. The first-order valence-corrected chi connectivity index (χ1v) is 14.6. The summed E-state index contributed by atoms with van der Waals surface area (Å²) >= 11 is 0.727. The molecule has 2 aromatic heterocycles. The molecule has 0 bridgehead atoms. The number of benzene rings is 1. The van der Waals surface area contributed by atoms with E-state index in [-0.39, 0.29) is 48.4 Å². The molecule has 0 spiro atoms. The Kier molecular flexibility index (Phi) is 7.60. The van der Waals surface area contributed by atoms with Crippen molar-refractivity contribution in [2.24, 2.45) is 5.73 Å². The summed E-state index contributed by atoms with van der Waals surface area (Å²) in [7, 11) is -4.22. The zero-order valence-corrected chi connectivity index (χ0v) is 22.6. The average molecular weight is 597 g/mol. The van der Waals surface area contributed by atoms with Crippen LogP contribution in [0.5, 0.6) is 5.75 Å². The lowest BCUT2D eigenvalue weighted by Gasteiger charge is -2.25. The Hall–Kier alpha value is -3.47. The lowest BCUT2D eigenvalue weighted by atomic mass is 10.0. The summed E-state index contributed by atoms with van der Waals surface area (Å²) < 4.78 is 60.8. The van der Waals surface area contributed by atoms with Gasteiger partial charge in [-0.3, -0.25) is 15.5 Å². The van der Waals surface area contributed by atoms with Gasteiger partial charge in [-0.05, 0) is 35.6 Å². The molecule has 2 aliphatic heterocycles. The number of carbonyl (C=O) groups is 2. The Morgan fingerprint density at radius 3 is 2.80 bits per heavy atom. The number of aliphatic carboxylic acids is 1. The van der Waals surface area contributed by atoms with Crippen LogP contribution in [0.2, 0.25) is 0 Å². The molecule has 2 unspecified atom stereocenters. The van der Waals surface area contributed by atoms with Crippen LogP contribution in [-0.2, 0) is 26.0 Å². The van der Waals surface area contributed by atoms with E-state index < -0.39 is 46.5 Å². The Labute approximate surface area is 231 Å². The third-order valence-corrected chi connectivity index (χ3v) is 9.84. The molecule has 2 fully saturated rings. The molecule has 0 radical (unpaired) electrons. The molecule has 1 amide bonds. The van der Waals surface area contributed by atoms with Gasteiger partial charge >= 0.3 is 5.97 Å². The third kappa shape index (κ3) is 5.70. The molecule has 4 N–H and O–H groups in total. The normalized spacial score (nSPS) is 19.9. The van der Waals surface area contributed by atoms with Crippen LogP contribution in [0.3, 0.4) is 0 Å². The minimum atomic E-state index is -4.22. The number of sulfonamides is 1. The number of pyridine rings is 1. The van der Waals surface area contributed by atoms with Crippen molar-refractivity contribution in [3.63, 3.8) is 0 Å². The van der Waals surface area contributed by atoms with Crippen LogP contribution in [0, 0.1) is 0 Å². The highest BCUT2D eigenvalue weighted by Gasteiger charge is 2.42. The zero-order chi connectivity index (χ0) is 28.7. The summed E-state index contributed by atoms with van der Waals surface area (Å²) in [6.07, 6.45) is 3.88. The number of carboxylic acid groups (broad SMARTS) is 1. The SMILES string of the molecule is NCOc1cc2cnccc2cc1CC(C(=O)O)N1CCC(NS(=O)(=O)c2cnc(N3CCC(F)(F)C3)s2)C1=O. The van der Waals surface area contributed by atoms with Crippen molar-refractivity contribution in [2.45, 2.75) is 41.5 Å². The Morgan fingerprint density at radius 1 is 1.30 bits per heavy atom. The number of hydrogen-bond donors (Lipinski definition) is 3. The number of nitrogens with two attached hydrogens (primary N) is 1. The standard InChI is InChI=1S/C24H26F2N6O6S2/c25-24(26)3-6-31(12-24)23-29-11-20(39-23)40(36,37)30-17-2-5-32(21(17)33)18(22(34)35)8-15-7-14-1-4-28-10-16(14)9-19(15)38-13-27/h1,4,7,9-11,17-18,30H,2-3,5-6,8,12-13,27H2,(H,34,35). The van der Waals surface area contributed by atoms with E-state index >= 15 is 0 Å². The average Bonchev–Trinajstić information content (AvgIpc) is 3.62. The van der Waals surface area contributed by atoms with Gasteiger partial charge in [0.05, 0.1) is 12.7 Å². The molecule has 5 rings (SSSR count). The molecule has 2 atom stereocenters. The molecule has 16 heteroatoms. The van der Waals surface area contributed by atoms with Crippen LogP contribution in [-0.4, -0.2) is 84.6 Å². The van der Waals surface area contributed by atoms with Gasteiger partial charge in [-0.2, -0.15) is 4.72 Å². The van der Waals surface area contributed by atoms with Gasteiger partial charge in [0.15, 0.2) is 9.34 Å². The summed E-state index contributed by atoms with van der Waals surface area (Å²) in [6, 6.07) is 2.70. The number of rotatable bonds is 10. The molecule has 1 aromatic carbocycles. The molecule has 214 valence electrons. The van der Waals surface area contributed by atoms with Crippen molar-refractivity contribution in [1.82, 2.24) is 19.6 Å². The van der Waals surface area contributed by atoms with Crippen molar-refractivity contribution >= 4 is 49.1 Å². The number of nitrogens with one attached hydrogen (secondary N) is 1. The number of anilines is 1. The lowest BCUT2D eigenvalue weighted by molar-refractivity contribution is -0.148. The molecule has 0 saturated carbocycles. The Balaban J connectivity index is 1.31. The van der Waals surface area contributed by atoms with Crippen molar-refractivity contribution in [2.75, 3.05) is 31.3 Å². The maximum absolute atomic E-state index is 13.6. The minimum Gasteiger partial charge on any atom is -0.480 e. The van der Waals surface area contributed by atoms with E-state index in [2.05, 4.69) is 14.7 Å². The molecule has 2 saturated heterocycles. The van der Waals surface area contributed by atoms with Crippen LogP contribution < -0.4 is 20.1 Å². The molecule has 4 heterocycles. The minimum absolute atomic E-state index is 0.00433. The van der Waals surface area contributed by atoms with Gasteiger partial charge in [-0.1, -0.05) is 11.3 Å². The molecule has 2 aliphatic rings. The summed E-state index contributed by atoms with van der Waals surface area (Å²) in [5, 5.41) is 11.7. The van der Waals surface area contributed by atoms with E-state index in [0.717, 1.165) is 33.2 Å². The summed E-state index contributed by atoms with van der Waals surface area (Å²) in [5.41, 5.74) is 6.07. The van der Waals surface area contributed by atoms with Crippen LogP contribution in [0.25, 0.3) is 10.8 Å². The summed E-state index contributed by atoms with van der Waals surface area (Å²) in [6.45, 7) is -0.648. The summed E-state index contributed by atoms with van der Waals surface area (Å²) in [5.74, 6) is -4.47. The second-order valence-electron chi connectivity index (χ2n) is 9.54. The largest absolute Gasteiger partial charge is 0.480 e. The van der Waals surface area contributed by atoms with Gasteiger partial charge in [-0.25, -0.2) is 27.0 Å². The van der Waals surface area contributed by atoms with Gasteiger partial charge < -0.3 is 19.6 Å². The Morgan fingerprint density at radius 2 is 2.10 bits per heavy atom. The van der Waals surface area contributed by atoms with Crippen LogP contribution in [0.15, 0.2) is 41.0 Å². The first-order valence-electron chi connectivity index (χ1n) is 12.3. The maximum atomic E-state index is 13.6. The lowest BCUT2D eigenvalue weighted by Crippen LogP contribution is -2.48. The molecular formula is C24H26F2N6O6S2. The maximum Gasteiger partial charge on any atom is 0.326 e. The second kappa shape index (κ2) is 10.8. The monoisotopic (exact) mass is 596 g/mol. The van der Waals surface area contributed by atoms with Crippen molar-refractivity contribution in [1.29, 1.82) is 0 Å². The van der Waals surface area contributed by atoms with E-state index in [1.54, 1.807) is 30.6 Å². The van der Waals surface area contributed by atoms with Crippen LogP contribution in [0.1, 0.15) is 18.4 Å². The number of nitrogens with zero attached hydrogens (tertiary/aromatic N) is 4. The van der Waals surface area contributed by atoms with Crippen molar-refractivity contribution in [3.05, 3.63) is 42.4 Å². The van der Waals surface area contributed by atoms with Crippen molar-refractivity contribution < 1.29 is 36.6 Å². The fourth-order valence-electron chi connectivity index (χ4n) is 4.87. The zero-order valence-electron chi connectivity index (χ0n) is 21.0. The first kappa shape index (κ1) is 28.1. The number of halogens is 2. The molecular weight excluding hydrogens is 570 g/mol. The van der Waals surface area contributed by atoms with Gasteiger partial charge in [0.2, 0.25) is 5.91 Å². The number of ether oxygens (including phenoxy) is 1. The van der Waals surface area contributed by atoms with Crippen molar-refractivity contribution in [3.8, 4) is 5.75 Å². The topological polar surface area (TPSA) is 168 Å². The quantitative estimate of drug-likeness (QED) is 0.291. The highest BCUT2D eigenvalue weighted by molar-refractivity contribution is 7.91. The molecule has 12 nitrogen and oxygen atoms in total. The molecule has 3 aromatic rings. The number of amides is 1. The van der Waals surface area contributed by atoms with E-state index in [0.29, 0.717) is 11.3 Å².